The second-order valence-electron chi connectivity index (χ2n) is 6.42. The summed E-state index contributed by atoms with van der Waals surface area (Å²) in [6.07, 6.45) is -0.207. The summed E-state index contributed by atoms with van der Waals surface area (Å²) >= 11 is 3.23. The fraction of sp³-hybridized carbons (Fsp3) is 0.130. The summed E-state index contributed by atoms with van der Waals surface area (Å²) in [4.78, 5) is 23.9. The van der Waals surface area contributed by atoms with Crippen LogP contribution in [-0.4, -0.2) is 30.7 Å². The van der Waals surface area contributed by atoms with Crippen LogP contribution in [0, 0.1) is 0 Å². The lowest BCUT2D eigenvalue weighted by Crippen LogP contribution is -2.15. The number of anilines is 1. The maximum Gasteiger partial charge on any atom is 0.337 e. The lowest BCUT2D eigenvalue weighted by atomic mass is 10.1. The molecule has 0 aromatic heterocycles. The van der Waals surface area contributed by atoms with Crippen LogP contribution in [0.5, 0.6) is 5.75 Å². The zero-order valence-electron chi connectivity index (χ0n) is 16.2. The van der Waals surface area contributed by atoms with Crippen LogP contribution in [0.25, 0.3) is 0 Å². The molecule has 3 rings (SSSR count). The van der Waals surface area contributed by atoms with Gasteiger partial charge in [0.2, 0.25) is 0 Å². The van der Waals surface area contributed by atoms with E-state index in [4.69, 9.17) is 9.47 Å². The van der Waals surface area contributed by atoms with Gasteiger partial charge in [-0.3, -0.25) is 4.79 Å². The van der Waals surface area contributed by atoms with Crippen molar-refractivity contribution in [1.29, 1.82) is 0 Å². The van der Waals surface area contributed by atoms with E-state index in [-0.39, 0.29) is 17.4 Å². The summed E-state index contributed by atoms with van der Waals surface area (Å²) < 4.78 is 11.9. The maximum atomic E-state index is 12.5. The molecule has 0 spiro atoms. The fourth-order valence-corrected chi connectivity index (χ4v) is 3.20. The molecule has 7 heteroatoms. The number of hydrogen-bond donors (Lipinski definition) is 2. The number of rotatable bonds is 8. The van der Waals surface area contributed by atoms with E-state index in [1.807, 2.05) is 30.3 Å². The van der Waals surface area contributed by atoms with Crippen molar-refractivity contribution in [3.05, 3.63) is 94.0 Å². The van der Waals surface area contributed by atoms with E-state index in [2.05, 4.69) is 21.2 Å². The van der Waals surface area contributed by atoms with Crippen LogP contribution in [0.4, 0.5) is 5.69 Å². The Balaban J connectivity index is 1.64. The quantitative estimate of drug-likeness (QED) is 0.475. The molecule has 6 nitrogen and oxygen atoms in total. The number of amides is 1. The normalized spacial score (nSPS) is 11.5. The summed E-state index contributed by atoms with van der Waals surface area (Å²) in [5.41, 5.74) is 1.62. The number of carbonyl (C=O) groups excluding carboxylic acids is 1. The van der Waals surface area contributed by atoms with Gasteiger partial charge in [0.15, 0.2) is 0 Å². The molecule has 154 valence electrons. The molecular weight excluding hydrogens is 450 g/mol. The lowest BCUT2D eigenvalue weighted by Gasteiger charge is -2.16. The number of aromatic carboxylic acids is 1. The minimum Gasteiger partial charge on any atom is -0.491 e. The average Bonchev–Trinajstić information content (AvgIpc) is 2.76. The molecule has 0 aliphatic rings. The lowest BCUT2D eigenvalue weighted by molar-refractivity contribution is 0.0576. The number of nitrogens with one attached hydrogen (secondary N) is 1. The smallest absolute Gasteiger partial charge is 0.337 e. The van der Waals surface area contributed by atoms with E-state index >= 15 is 0 Å². The predicted molar refractivity (Wildman–Crippen MR) is 117 cm³/mol. The van der Waals surface area contributed by atoms with E-state index in [9.17, 15) is 14.7 Å². The summed E-state index contributed by atoms with van der Waals surface area (Å²) in [5.74, 6) is -0.939. The molecule has 0 radical (unpaired) electrons. The SMILES string of the molecule is COC(COc1ccc(C(=O)Nc2ccc(Br)cc2C(=O)O)cc1)c1ccccc1. The number of carboxylic acid groups (broad SMARTS) is 1. The Morgan fingerprint density at radius 1 is 1.03 bits per heavy atom. The minimum absolute atomic E-state index is 0.00389. The van der Waals surface area contributed by atoms with Crippen LogP contribution in [0.1, 0.15) is 32.4 Å². The van der Waals surface area contributed by atoms with E-state index in [0.717, 1.165) is 5.56 Å². The van der Waals surface area contributed by atoms with Gasteiger partial charge < -0.3 is 19.9 Å². The van der Waals surface area contributed by atoms with Crippen molar-refractivity contribution in [2.24, 2.45) is 0 Å². The highest BCUT2D eigenvalue weighted by atomic mass is 79.9. The highest BCUT2D eigenvalue weighted by Gasteiger charge is 2.15. The number of benzene rings is 3. The van der Waals surface area contributed by atoms with E-state index in [1.54, 1.807) is 37.4 Å². The molecule has 1 atom stereocenters. The number of methoxy groups -OCH3 is 1. The zero-order chi connectivity index (χ0) is 21.5. The average molecular weight is 470 g/mol. The predicted octanol–water partition coefficient (Wildman–Crippen LogP) is 5.17. The third-order valence-corrected chi connectivity index (χ3v) is 4.93. The number of ether oxygens (including phenoxy) is 2. The molecule has 0 saturated heterocycles. The fourth-order valence-electron chi connectivity index (χ4n) is 2.84. The Kier molecular flexibility index (Phi) is 7.21. The van der Waals surface area contributed by atoms with E-state index in [0.29, 0.717) is 22.4 Å². The third kappa shape index (κ3) is 5.46. The van der Waals surface area contributed by atoms with Crippen molar-refractivity contribution in [1.82, 2.24) is 0 Å². The maximum absolute atomic E-state index is 12.5. The Labute approximate surface area is 182 Å². The van der Waals surface area contributed by atoms with Crippen molar-refractivity contribution in [3.63, 3.8) is 0 Å². The summed E-state index contributed by atoms with van der Waals surface area (Å²) in [5, 5.41) is 12.0. The molecule has 2 N–H and O–H groups in total. The van der Waals surface area contributed by atoms with Crippen molar-refractivity contribution < 1.29 is 24.2 Å². The molecule has 0 aliphatic carbocycles. The van der Waals surface area contributed by atoms with Crippen LogP contribution in [0.2, 0.25) is 0 Å². The van der Waals surface area contributed by atoms with E-state index < -0.39 is 11.9 Å². The molecule has 1 unspecified atom stereocenters. The van der Waals surface area contributed by atoms with Crippen molar-refractivity contribution in [2.45, 2.75) is 6.10 Å². The van der Waals surface area contributed by atoms with E-state index in [1.165, 1.54) is 12.1 Å². The van der Waals surface area contributed by atoms with Crippen molar-refractivity contribution in [3.8, 4) is 5.75 Å². The molecule has 0 fully saturated rings. The number of carboxylic acids is 1. The second-order valence-corrected chi connectivity index (χ2v) is 7.34. The molecule has 30 heavy (non-hydrogen) atoms. The Morgan fingerprint density at radius 2 is 1.73 bits per heavy atom. The second kappa shape index (κ2) is 10.0. The van der Waals surface area contributed by atoms with Gasteiger partial charge in [-0.2, -0.15) is 0 Å². The van der Waals surface area contributed by atoms with Gasteiger partial charge in [-0.1, -0.05) is 46.3 Å². The largest absolute Gasteiger partial charge is 0.491 e. The summed E-state index contributed by atoms with van der Waals surface area (Å²) in [6.45, 7) is 0.326. The molecule has 0 saturated carbocycles. The molecule has 0 bridgehead atoms. The number of hydrogen-bond acceptors (Lipinski definition) is 4. The first-order chi connectivity index (χ1) is 14.5. The topological polar surface area (TPSA) is 84.9 Å². The Morgan fingerprint density at radius 3 is 2.37 bits per heavy atom. The standard InChI is InChI=1S/C23H20BrNO5/c1-29-21(15-5-3-2-4-6-15)14-30-18-10-7-16(8-11-18)22(26)25-20-12-9-17(24)13-19(20)23(27)28/h2-13,21H,14H2,1H3,(H,25,26)(H,27,28). The highest BCUT2D eigenvalue weighted by molar-refractivity contribution is 9.10. The van der Waals surface area contributed by atoms with Gasteiger partial charge in [0, 0.05) is 17.1 Å². The monoisotopic (exact) mass is 469 g/mol. The van der Waals surface area contributed by atoms with Crippen molar-refractivity contribution in [2.75, 3.05) is 19.0 Å². The molecule has 3 aromatic rings. The zero-order valence-corrected chi connectivity index (χ0v) is 17.8. The third-order valence-electron chi connectivity index (χ3n) is 4.43. The van der Waals surface area contributed by atoms with Crippen LogP contribution < -0.4 is 10.1 Å². The molecule has 0 heterocycles. The molecule has 0 aliphatic heterocycles. The van der Waals surface area contributed by atoms with Gasteiger partial charge in [-0.25, -0.2) is 4.79 Å². The molecule has 3 aromatic carbocycles. The Hall–Kier alpha value is -3.16. The number of carbonyl (C=O) groups is 2. The summed E-state index contributed by atoms with van der Waals surface area (Å²) in [7, 11) is 1.63. The van der Waals surface area contributed by atoms with Gasteiger partial charge in [-0.15, -0.1) is 0 Å². The minimum atomic E-state index is -1.12. The van der Waals surface area contributed by atoms with Gasteiger partial charge in [0.25, 0.3) is 5.91 Å². The summed E-state index contributed by atoms with van der Waals surface area (Å²) in [6, 6.07) is 21.0. The van der Waals surface area contributed by atoms with Crippen LogP contribution in [-0.2, 0) is 4.74 Å². The highest BCUT2D eigenvalue weighted by Crippen LogP contribution is 2.23. The first-order valence-corrected chi connectivity index (χ1v) is 9.92. The van der Waals surface area contributed by atoms with Crippen LogP contribution >= 0.6 is 15.9 Å². The first-order valence-electron chi connectivity index (χ1n) is 9.12. The van der Waals surface area contributed by atoms with Gasteiger partial charge >= 0.3 is 5.97 Å². The number of halogens is 1. The van der Waals surface area contributed by atoms with Crippen molar-refractivity contribution >= 4 is 33.5 Å². The van der Waals surface area contributed by atoms with Gasteiger partial charge in [-0.05, 0) is 48.0 Å². The Bertz CT molecular complexity index is 1020. The molecular formula is C23H20BrNO5. The van der Waals surface area contributed by atoms with Crippen LogP contribution in [0.15, 0.2) is 77.3 Å². The van der Waals surface area contributed by atoms with Gasteiger partial charge in [0.1, 0.15) is 18.5 Å². The van der Waals surface area contributed by atoms with Gasteiger partial charge in [0.05, 0.1) is 11.3 Å². The van der Waals surface area contributed by atoms with Crippen LogP contribution in [0.3, 0.4) is 0 Å². The first kappa shape index (κ1) is 21.5. The molecule has 1 amide bonds.